The van der Waals surface area contributed by atoms with Gasteiger partial charge in [0.25, 0.3) is 0 Å². The molecular formula is C8H14N4O2. The lowest BCUT2D eigenvalue weighted by Crippen LogP contribution is -2.26. The molecule has 0 radical (unpaired) electrons. The van der Waals surface area contributed by atoms with E-state index in [1.807, 2.05) is 0 Å². The van der Waals surface area contributed by atoms with Crippen LogP contribution in [0.3, 0.4) is 0 Å². The Morgan fingerprint density at radius 3 is 3.07 bits per heavy atom. The van der Waals surface area contributed by atoms with Gasteiger partial charge in [-0.3, -0.25) is 9.48 Å². The van der Waals surface area contributed by atoms with Crippen molar-refractivity contribution in [2.45, 2.75) is 19.4 Å². The van der Waals surface area contributed by atoms with Gasteiger partial charge in [0.1, 0.15) is 12.7 Å². The maximum absolute atomic E-state index is 11.2. The van der Waals surface area contributed by atoms with E-state index in [-0.39, 0.29) is 12.5 Å². The van der Waals surface area contributed by atoms with Crippen LogP contribution in [0, 0.1) is 0 Å². The molecule has 0 aliphatic rings. The molecule has 1 amide bonds. The molecule has 1 heterocycles. The number of carbonyl (C=O) groups is 1. The van der Waals surface area contributed by atoms with Gasteiger partial charge in [-0.1, -0.05) is 0 Å². The summed E-state index contributed by atoms with van der Waals surface area (Å²) in [5.74, 6) is -0.0334. The Morgan fingerprint density at radius 2 is 2.43 bits per heavy atom. The zero-order valence-electron chi connectivity index (χ0n) is 7.89. The number of aromatic nitrogens is 3. The molecule has 0 saturated heterocycles. The Kier molecular flexibility index (Phi) is 4.63. The van der Waals surface area contributed by atoms with Crippen LogP contribution in [0.15, 0.2) is 12.7 Å². The van der Waals surface area contributed by atoms with Crippen molar-refractivity contribution in [1.29, 1.82) is 0 Å². The Morgan fingerprint density at radius 1 is 1.57 bits per heavy atom. The molecule has 0 aromatic carbocycles. The van der Waals surface area contributed by atoms with Gasteiger partial charge in [0.05, 0.1) is 6.54 Å². The molecule has 1 aromatic heterocycles. The average Bonchev–Trinajstić information content (AvgIpc) is 2.68. The highest BCUT2D eigenvalue weighted by atomic mass is 16.3. The Bertz CT molecular complexity index is 260. The van der Waals surface area contributed by atoms with Crippen molar-refractivity contribution in [3.63, 3.8) is 0 Å². The topological polar surface area (TPSA) is 80.0 Å². The first-order chi connectivity index (χ1) is 6.83. The van der Waals surface area contributed by atoms with E-state index in [2.05, 4.69) is 15.4 Å². The molecule has 1 rings (SSSR count). The van der Waals surface area contributed by atoms with E-state index in [0.29, 0.717) is 25.9 Å². The number of aliphatic hydroxyl groups excluding tert-OH is 1. The smallest absolute Gasteiger partial charge is 0.221 e. The quantitative estimate of drug-likeness (QED) is 0.584. The van der Waals surface area contributed by atoms with Crippen molar-refractivity contribution in [2.75, 3.05) is 13.2 Å². The molecule has 0 fully saturated rings. The van der Waals surface area contributed by atoms with E-state index < -0.39 is 0 Å². The summed E-state index contributed by atoms with van der Waals surface area (Å²) >= 11 is 0. The van der Waals surface area contributed by atoms with Crippen LogP contribution in [-0.2, 0) is 11.3 Å². The molecule has 0 bridgehead atoms. The fourth-order valence-electron chi connectivity index (χ4n) is 0.960. The number of rotatable bonds is 6. The minimum Gasteiger partial charge on any atom is -0.396 e. The summed E-state index contributed by atoms with van der Waals surface area (Å²) in [4.78, 5) is 14.9. The Hall–Kier alpha value is -1.43. The third-order valence-electron chi connectivity index (χ3n) is 1.69. The second kappa shape index (κ2) is 6.09. The number of amides is 1. The Balaban J connectivity index is 2.09. The molecule has 0 aliphatic carbocycles. The van der Waals surface area contributed by atoms with Crippen molar-refractivity contribution in [3.8, 4) is 0 Å². The summed E-state index contributed by atoms with van der Waals surface area (Å²) < 4.78 is 1.60. The van der Waals surface area contributed by atoms with Crippen LogP contribution in [0.5, 0.6) is 0 Å². The first-order valence-corrected chi connectivity index (χ1v) is 4.53. The van der Waals surface area contributed by atoms with E-state index in [9.17, 15) is 4.79 Å². The second-order valence-electron chi connectivity index (χ2n) is 2.84. The van der Waals surface area contributed by atoms with Crippen molar-refractivity contribution in [3.05, 3.63) is 12.7 Å². The highest BCUT2D eigenvalue weighted by Crippen LogP contribution is 1.87. The second-order valence-corrected chi connectivity index (χ2v) is 2.84. The normalized spacial score (nSPS) is 10.1. The highest BCUT2D eigenvalue weighted by Gasteiger charge is 2.00. The van der Waals surface area contributed by atoms with Crippen molar-refractivity contribution >= 4 is 5.91 Å². The third-order valence-corrected chi connectivity index (χ3v) is 1.69. The van der Waals surface area contributed by atoms with Crippen molar-refractivity contribution in [2.24, 2.45) is 0 Å². The first-order valence-electron chi connectivity index (χ1n) is 4.53. The van der Waals surface area contributed by atoms with Gasteiger partial charge in [0, 0.05) is 19.6 Å². The molecule has 0 saturated carbocycles. The van der Waals surface area contributed by atoms with Crippen LogP contribution in [0.4, 0.5) is 0 Å². The molecular weight excluding hydrogens is 184 g/mol. The number of aliphatic hydroxyl groups is 1. The molecule has 2 N–H and O–H groups in total. The summed E-state index contributed by atoms with van der Waals surface area (Å²) in [5.41, 5.74) is 0. The molecule has 0 aliphatic heterocycles. The Labute approximate surface area is 82.0 Å². The molecule has 78 valence electrons. The summed E-state index contributed by atoms with van der Waals surface area (Å²) in [7, 11) is 0. The molecule has 0 atom stereocenters. The summed E-state index contributed by atoms with van der Waals surface area (Å²) in [6.07, 6.45) is 3.98. The van der Waals surface area contributed by atoms with Gasteiger partial charge in [0.15, 0.2) is 0 Å². The van der Waals surface area contributed by atoms with Gasteiger partial charge in [-0.05, 0) is 6.42 Å². The van der Waals surface area contributed by atoms with Crippen LogP contribution in [0.2, 0.25) is 0 Å². The van der Waals surface area contributed by atoms with Gasteiger partial charge in [-0.2, -0.15) is 5.10 Å². The lowest BCUT2D eigenvalue weighted by atomic mass is 10.4. The van der Waals surface area contributed by atoms with Crippen LogP contribution < -0.4 is 5.32 Å². The fourth-order valence-corrected chi connectivity index (χ4v) is 0.960. The fraction of sp³-hybridized carbons (Fsp3) is 0.625. The summed E-state index contributed by atoms with van der Waals surface area (Å²) in [6.45, 7) is 1.15. The first kappa shape index (κ1) is 10.6. The van der Waals surface area contributed by atoms with Crippen LogP contribution in [0.1, 0.15) is 12.8 Å². The maximum Gasteiger partial charge on any atom is 0.221 e. The number of nitrogens with zero attached hydrogens (tertiary/aromatic N) is 3. The van der Waals surface area contributed by atoms with Gasteiger partial charge in [-0.25, -0.2) is 4.98 Å². The van der Waals surface area contributed by atoms with Crippen LogP contribution in [-0.4, -0.2) is 38.9 Å². The summed E-state index contributed by atoms with van der Waals surface area (Å²) in [6, 6.07) is 0. The number of nitrogens with one attached hydrogen (secondary N) is 1. The molecule has 6 nitrogen and oxygen atoms in total. The van der Waals surface area contributed by atoms with Crippen LogP contribution >= 0.6 is 0 Å². The number of aryl methyl sites for hydroxylation is 1. The lowest BCUT2D eigenvalue weighted by molar-refractivity contribution is -0.121. The standard InChI is InChI=1S/C8H14N4O2/c13-5-1-3-10-8(14)2-4-12-7-9-6-11-12/h6-7,13H,1-5H2,(H,10,14). The number of hydrogen-bond acceptors (Lipinski definition) is 4. The molecule has 1 aromatic rings. The van der Waals surface area contributed by atoms with E-state index in [1.165, 1.54) is 6.33 Å². The number of hydrogen-bond donors (Lipinski definition) is 2. The van der Waals surface area contributed by atoms with E-state index in [4.69, 9.17) is 5.11 Å². The monoisotopic (exact) mass is 198 g/mol. The zero-order chi connectivity index (χ0) is 10.2. The van der Waals surface area contributed by atoms with Crippen LogP contribution in [0.25, 0.3) is 0 Å². The van der Waals surface area contributed by atoms with Crippen molar-refractivity contribution in [1.82, 2.24) is 20.1 Å². The SMILES string of the molecule is O=C(CCn1cncn1)NCCCO. The zero-order valence-corrected chi connectivity index (χ0v) is 7.89. The van der Waals surface area contributed by atoms with Gasteiger partial charge in [0.2, 0.25) is 5.91 Å². The third kappa shape index (κ3) is 3.99. The lowest BCUT2D eigenvalue weighted by Gasteiger charge is -2.03. The molecule has 6 heteroatoms. The highest BCUT2D eigenvalue weighted by molar-refractivity contribution is 5.75. The molecule has 0 spiro atoms. The largest absolute Gasteiger partial charge is 0.396 e. The van der Waals surface area contributed by atoms with Gasteiger partial charge in [-0.15, -0.1) is 0 Å². The van der Waals surface area contributed by atoms with Crippen molar-refractivity contribution < 1.29 is 9.90 Å². The predicted octanol–water partition coefficient (Wildman–Crippen LogP) is -0.833. The van der Waals surface area contributed by atoms with E-state index in [1.54, 1.807) is 11.0 Å². The summed E-state index contributed by atoms with van der Waals surface area (Å²) in [5, 5.41) is 15.0. The minimum absolute atomic E-state index is 0.0334. The maximum atomic E-state index is 11.2. The average molecular weight is 198 g/mol. The van der Waals surface area contributed by atoms with Gasteiger partial charge < -0.3 is 10.4 Å². The van der Waals surface area contributed by atoms with E-state index >= 15 is 0 Å². The van der Waals surface area contributed by atoms with Gasteiger partial charge >= 0.3 is 0 Å². The molecule has 14 heavy (non-hydrogen) atoms. The predicted molar refractivity (Wildman–Crippen MR) is 49.4 cm³/mol. The van der Waals surface area contributed by atoms with E-state index in [0.717, 1.165) is 0 Å². The molecule has 0 unspecified atom stereocenters. The minimum atomic E-state index is -0.0334. The number of carbonyl (C=O) groups excluding carboxylic acids is 1.